The van der Waals surface area contributed by atoms with Crippen LogP contribution in [0.5, 0.6) is 0 Å². The van der Waals surface area contributed by atoms with E-state index in [1.807, 2.05) is 25.1 Å². The Hall–Kier alpha value is -1.19. The fraction of sp³-hybridized carbons (Fsp3) is 0.562. The molecular weight excluding hydrogens is 327 g/mol. The van der Waals surface area contributed by atoms with E-state index in [1.54, 1.807) is 6.20 Å². The van der Waals surface area contributed by atoms with E-state index in [0.29, 0.717) is 0 Å². The first-order chi connectivity index (χ1) is 10.2. The molecule has 111 valence electrons. The van der Waals surface area contributed by atoms with Crippen molar-refractivity contribution >= 4 is 26.5 Å². The van der Waals surface area contributed by atoms with Crippen LogP contribution in [0.1, 0.15) is 38.3 Å². The zero-order chi connectivity index (χ0) is 14.7. The average molecular weight is 348 g/mol. The van der Waals surface area contributed by atoms with Crippen molar-refractivity contribution in [2.24, 2.45) is 22.0 Å². The molecule has 2 saturated heterocycles. The van der Waals surface area contributed by atoms with Crippen molar-refractivity contribution < 1.29 is 0 Å². The summed E-state index contributed by atoms with van der Waals surface area (Å²) in [6.07, 6.45) is 7.30. The normalized spacial score (nSPS) is 26.8. The second kappa shape index (κ2) is 6.71. The van der Waals surface area contributed by atoms with Gasteiger partial charge in [0.05, 0.1) is 0 Å². The van der Waals surface area contributed by atoms with Crippen LogP contribution < -0.4 is 0 Å². The minimum atomic E-state index is 0.836. The van der Waals surface area contributed by atoms with Gasteiger partial charge in [0.1, 0.15) is 0 Å². The quantitative estimate of drug-likeness (QED) is 0.357. The number of pyridine rings is 1. The molecule has 1 aromatic rings. The molecule has 3 aliphatic rings. The molecule has 0 atom stereocenters. The van der Waals surface area contributed by atoms with Gasteiger partial charge in [0.2, 0.25) is 0 Å². The molecule has 0 unspecified atom stereocenters. The van der Waals surface area contributed by atoms with Gasteiger partial charge >= 0.3 is 134 Å². The van der Waals surface area contributed by atoms with Crippen LogP contribution in [0.15, 0.2) is 34.6 Å². The van der Waals surface area contributed by atoms with Gasteiger partial charge in [-0.1, -0.05) is 0 Å². The zero-order valence-corrected chi connectivity index (χ0v) is 14.1. The molecule has 0 N–H and O–H groups in total. The number of aromatic nitrogens is 1. The Labute approximate surface area is 134 Å². The second-order valence-electron chi connectivity index (χ2n) is 6.07. The molecule has 5 heteroatoms. The summed E-state index contributed by atoms with van der Waals surface area (Å²) in [6, 6.07) is 5.84. The van der Waals surface area contributed by atoms with Crippen molar-refractivity contribution in [1.29, 1.82) is 0 Å². The Kier molecular flexibility index (Phi) is 4.71. The SMILES string of the molecule is C/C(=N\N=C(/[Se])N1CC2CCC(CC2)C1)c1ccccn1. The van der Waals surface area contributed by atoms with Crippen LogP contribution in [0.3, 0.4) is 0 Å². The Morgan fingerprint density at radius 2 is 1.81 bits per heavy atom. The first-order valence-electron chi connectivity index (χ1n) is 7.68. The Bertz CT molecular complexity index is 518. The van der Waals surface area contributed by atoms with Gasteiger partial charge < -0.3 is 0 Å². The molecule has 0 amide bonds. The first-order valence-corrected chi connectivity index (χ1v) is 8.53. The molecule has 2 aliphatic heterocycles. The molecular formula is C16H21N4Se. The van der Waals surface area contributed by atoms with Crippen LogP contribution in [0.2, 0.25) is 0 Å². The Balaban J connectivity index is 1.71. The van der Waals surface area contributed by atoms with Crippen LogP contribution in [0, 0.1) is 11.8 Å². The predicted octanol–water partition coefficient (Wildman–Crippen LogP) is 2.45. The summed E-state index contributed by atoms with van der Waals surface area (Å²) in [6.45, 7) is 4.20. The first kappa shape index (κ1) is 14.7. The topological polar surface area (TPSA) is 40.9 Å². The minimum absolute atomic E-state index is 0.836. The number of amidine groups is 1. The van der Waals surface area contributed by atoms with Gasteiger partial charge in [0.15, 0.2) is 0 Å². The van der Waals surface area contributed by atoms with E-state index in [0.717, 1.165) is 41.1 Å². The third-order valence-electron chi connectivity index (χ3n) is 4.52. The van der Waals surface area contributed by atoms with E-state index in [9.17, 15) is 0 Å². The number of rotatable bonds is 2. The van der Waals surface area contributed by atoms with Gasteiger partial charge in [0, 0.05) is 0 Å². The molecule has 0 aromatic carbocycles. The monoisotopic (exact) mass is 349 g/mol. The predicted molar refractivity (Wildman–Crippen MR) is 86.7 cm³/mol. The number of hydrogen-bond donors (Lipinski definition) is 0. The molecule has 3 heterocycles. The van der Waals surface area contributed by atoms with E-state index in [1.165, 1.54) is 25.7 Å². The van der Waals surface area contributed by atoms with Gasteiger partial charge in [0.25, 0.3) is 0 Å². The molecule has 1 saturated carbocycles. The summed E-state index contributed by atoms with van der Waals surface area (Å²) in [4.78, 5) is 6.67. The fourth-order valence-electron chi connectivity index (χ4n) is 3.26. The van der Waals surface area contributed by atoms with Crippen molar-refractivity contribution in [1.82, 2.24) is 9.88 Å². The van der Waals surface area contributed by atoms with E-state index in [-0.39, 0.29) is 0 Å². The molecule has 1 radical (unpaired) electrons. The van der Waals surface area contributed by atoms with Gasteiger partial charge in [-0.3, -0.25) is 0 Å². The van der Waals surface area contributed by atoms with Crippen molar-refractivity contribution in [2.75, 3.05) is 13.1 Å². The van der Waals surface area contributed by atoms with Crippen LogP contribution in [0.25, 0.3) is 0 Å². The number of nitrogens with zero attached hydrogens (tertiary/aromatic N) is 4. The second-order valence-corrected chi connectivity index (χ2v) is 6.84. The van der Waals surface area contributed by atoms with Gasteiger partial charge in [-0.15, -0.1) is 0 Å². The molecule has 4 rings (SSSR count). The molecule has 2 bridgehead atoms. The summed E-state index contributed by atoms with van der Waals surface area (Å²) in [5.74, 6) is 1.67. The van der Waals surface area contributed by atoms with Crippen LogP contribution in [0.4, 0.5) is 0 Å². The van der Waals surface area contributed by atoms with E-state index < -0.39 is 0 Å². The summed E-state index contributed by atoms with van der Waals surface area (Å²) in [7, 11) is 0. The molecule has 3 fully saturated rings. The third kappa shape index (κ3) is 3.72. The number of hydrogen-bond acceptors (Lipinski definition) is 3. The molecule has 0 spiro atoms. The van der Waals surface area contributed by atoms with Crippen LogP contribution >= 0.6 is 0 Å². The number of fused-ring (bicyclic) bond motifs is 4. The Morgan fingerprint density at radius 3 is 2.38 bits per heavy atom. The fourth-order valence-corrected chi connectivity index (χ4v) is 3.66. The van der Waals surface area contributed by atoms with Gasteiger partial charge in [-0.25, -0.2) is 0 Å². The molecule has 21 heavy (non-hydrogen) atoms. The van der Waals surface area contributed by atoms with E-state index >= 15 is 0 Å². The van der Waals surface area contributed by atoms with Gasteiger partial charge in [-0.2, -0.15) is 0 Å². The van der Waals surface area contributed by atoms with Crippen molar-refractivity contribution in [2.45, 2.75) is 32.6 Å². The van der Waals surface area contributed by atoms with Crippen LogP contribution in [-0.2, 0) is 0 Å². The van der Waals surface area contributed by atoms with E-state index in [2.05, 4.69) is 36.1 Å². The van der Waals surface area contributed by atoms with Crippen molar-refractivity contribution in [3.63, 3.8) is 0 Å². The maximum absolute atomic E-state index is 4.40. The molecule has 4 nitrogen and oxygen atoms in total. The van der Waals surface area contributed by atoms with Gasteiger partial charge in [-0.05, 0) is 0 Å². The summed E-state index contributed by atoms with van der Waals surface area (Å²) in [5.41, 5.74) is 1.73. The summed E-state index contributed by atoms with van der Waals surface area (Å²) >= 11 is 3.10. The maximum atomic E-state index is 4.40. The summed E-state index contributed by atoms with van der Waals surface area (Å²) in [5, 5.41) is 8.74. The standard InChI is InChI=1S/C16H21N4Se/c1-12(15-4-2-3-9-17-15)18-19-16(21)20-10-13-5-6-14(11-20)8-7-13/h2-4,9,13-14H,5-8,10-11H2,1H3/b18-12+,19-16-. The third-order valence-corrected chi connectivity index (χ3v) is 5.23. The van der Waals surface area contributed by atoms with Crippen LogP contribution in [-0.4, -0.2) is 49.4 Å². The summed E-state index contributed by atoms with van der Waals surface area (Å²) < 4.78 is 0.920. The average Bonchev–Trinajstić information content (AvgIpc) is 2.87. The Morgan fingerprint density at radius 1 is 1.14 bits per heavy atom. The molecule has 1 aromatic heterocycles. The molecule has 1 aliphatic carbocycles. The zero-order valence-electron chi connectivity index (χ0n) is 12.4. The van der Waals surface area contributed by atoms with Crippen molar-refractivity contribution in [3.8, 4) is 0 Å². The van der Waals surface area contributed by atoms with Crippen molar-refractivity contribution in [3.05, 3.63) is 30.1 Å². The van der Waals surface area contributed by atoms with E-state index in [4.69, 9.17) is 0 Å².